The maximum absolute atomic E-state index is 10.5. The smallest absolute Gasteiger partial charge is 0.303 e. The zero-order chi connectivity index (χ0) is 21.5. The lowest BCUT2D eigenvalue weighted by molar-refractivity contribution is -0.137. The Labute approximate surface area is 174 Å². The van der Waals surface area contributed by atoms with Gasteiger partial charge in [0.2, 0.25) is 0 Å². The largest absolute Gasteiger partial charge is 0.494 e. The van der Waals surface area contributed by atoms with Crippen molar-refractivity contribution in [1.29, 1.82) is 0 Å². The summed E-state index contributed by atoms with van der Waals surface area (Å²) in [5, 5.41) is 28.8. The van der Waals surface area contributed by atoms with Crippen molar-refractivity contribution in [2.24, 2.45) is 5.92 Å². The molecule has 0 saturated heterocycles. The predicted octanol–water partition coefficient (Wildman–Crippen LogP) is 4.19. The molecule has 0 amide bonds. The second-order valence-corrected chi connectivity index (χ2v) is 7.30. The quantitative estimate of drug-likeness (QED) is 0.280. The molecule has 0 radical (unpaired) electrons. The molecule has 1 aromatic rings. The first-order chi connectivity index (χ1) is 13.9. The maximum atomic E-state index is 10.5. The van der Waals surface area contributed by atoms with Crippen LogP contribution in [-0.2, 0) is 4.79 Å². The Morgan fingerprint density at radius 1 is 1.10 bits per heavy atom. The Kier molecular flexibility index (Phi) is 12.8. The summed E-state index contributed by atoms with van der Waals surface area (Å²) in [6.07, 6.45) is 7.53. The van der Waals surface area contributed by atoms with Crippen LogP contribution in [0.25, 0.3) is 0 Å². The van der Waals surface area contributed by atoms with Crippen LogP contribution in [0.2, 0.25) is 0 Å². The second-order valence-electron chi connectivity index (χ2n) is 7.30. The number of unbranched alkanes of at least 4 members (excludes halogenated alkanes) is 1. The highest BCUT2D eigenvalue weighted by molar-refractivity contribution is 5.66. The van der Waals surface area contributed by atoms with E-state index >= 15 is 0 Å². The second kappa shape index (κ2) is 14.9. The summed E-state index contributed by atoms with van der Waals surface area (Å²) in [4.78, 5) is 10.5. The van der Waals surface area contributed by atoms with Crippen molar-refractivity contribution >= 4 is 5.97 Å². The zero-order valence-electron chi connectivity index (χ0n) is 17.6. The van der Waals surface area contributed by atoms with Gasteiger partial charge in [-0.1, -0.05) is 24.6 Å². The molecule has 0 fully saturated rings. The summed E-state index contributed by atoms with van der Waals surface area (Å²) in [7, 11) is 0. The maximum Gasteiger partial charge on any atom is 0.303 e. The molecule has 3 unspecified atom stereocenters. The number of aliphatic hydroxyl groups excluding tert-OH is 2. The molecule has 0 bridgehead atoms. The summed E-state index contributed by atoms with van der Waals surface area (Å²) in [6.45, 7) is 4.52. The van der Waals surface area contributed by atoms with E-state index in [1.165, 1.54) is 0 Å². The number of ether oxygens (including phenoxy) is 2. The number of rotatable bonds is 16. The minimum absolute atomic E-state index is 0.127. The molecule has 0 saturated carbocycles. The highest BCUT2D eigenvalue weighted by Crippen LogP contribution is 2.21. The Hall–Kier alpha value is -2.05. The van der Waals surface area contributed by atoms with Gasteiger partial charge < -0.3 is 24.8 Å². The van der Waals surface area contributed by atoms with Gasteiger partial charge in [-0.3, -0.25) is 4.79 Å². The van der Waals surface area contributed by atoms with Gasteiger partial charge in [0, 0.05) is 12.5 Å². The Bertz CT molecular complexity index is 599. The van der Waals surface area contributed by atoms with E-state index in [0.29, 0.717) is 25.2 Å². The molecule has 0 aliphatic heterocycles. The van der Waals surface area contributed by atoms with Crippen LogP contribution < -0.4 is 9.47 Å². The number of carbonyl (C=O) groups is 1. The van der Waals surface area contributed by atoms with E-state index in [-0.39, 0.29) is 18.9 Å². The fourth-order valence-electron chi connectivity index (χ4n) is 3.03. The normalized spacial score (nSPS) is 14.5. The standard InChI is InChI=1S/C23H36O6/c1-3-28-21-13-9-14-22(16-21)29-17-20(25)12-8-11-19(18(2)24)10-6-4-5-7-15-23(26)27/h4,6,9,13-14,16,18-20,24-25H,3,5,7-8,10-12,15,17H2,1-2H3,(H,26,27)/b6-4-. The molecule has 0 aromatic heterocycles. The van der Waals surface area contributed by atoms with Crippen LogP contribution in [0.1, 0.15) is 58.8 Å². The van der Waals surface area contributed by atoms with Crippen molar-refractivity contribution in [3.63, 3.8) is 0 Å². The minimum Gasteiger partial charge on any atom is -0.494 e. The highest BCUT2D eigenvalue weighted by atomic mass is 16.5. The predicted molar refractivity (Wildman–Crippen MR) is 113 cm³/mol. The SMILES string of the molecule is CCOc1cccc(OCC(O)CCCC(C/C=C\CCCC(=O)O)C(C)O)c1. The van der Waals surface area contributed by atoms with E-state index in [2.05, 4.69) is 0 Å². The summed E-state index contributed by atoms with van der Waals surface area (Å²) in [5.41, 5.74) is 0. The van der Waals surface area contributed by atoms with Crippen LogP contribution in [0.5, 0.6) is 11.5 Å². The van der Waals surface area contributed by atoms with E-state index < -0.39 is 18.2 Å². The molecular weight excluding hydrogens is 372 g/mol. The third kappa shape index (κ3) is 12.2. The van der Waals surface area contributed by atoms with Crippen LogP contribution in [0.4, 0.5) is 0 Å². The lowest BCUT2D eigenvalue weighted by Crippen LogP contribution is -2.20. The first-order valence-corrected chi connectivity index (χ1v) is 10.5. The van der Waals surface area contributed by atoms with Crippen molar-refractivity contribution in [3.05, 3.63) is 36.4 Å². The third-order valence-corrected chi connectivity index (χ3v) is 4.72. The van der Waals surface area contributed by atoms with E-state index in [1.807, 2.05) is 43.3 Å². The molecule has 1 rings (SSSR count). The van der Waals surface area contributed by atoms with Gasteiger partial charge in [0.05, 0.1) is 18.8 Å². The van der Waals surface area contributed by atoms with Crippen LogP contribution in [0, 0.1) is 5.92 Å². The molecule has 0 aliphatic rings. The van der Waals surface area contributed by atoms with Crippen molar-refractivity contribution in [2.75, 3.05) is 13.2 Å². The fourth-order valence-corrected chi connectivity index (χ4v) is 3.03. The van der Waals surface area contributed by atoms with Crippen molar-refractivity contribution in [1.82, 2.24) is 0 Å². The van der Waals surface area contributed by atoms with Gasteiger partial charge in [-0.05, 0) is 64.0 Å². The molecule has 3 N–H and O–H groups in total. The molecule has 6 nitrogen and oxygen atoms in total. The van der Waals surface area contributed by atoms with Gasteiger partial charge in [0.1, 0.15) is 18.1 Å². The van der Waals surface area contributed by atoms with E-state index in [9.17, 15) is 15.0 Å². The molecule has 29 heavy (non-hydrogen) atoms. The van der Waals surface area contributed by atoms with Gasteiger partial charge in [0.15, 0.2) is 0 Å². The Morgan fingerprint density at radius 3 is 2.48 bits per heavy atom. The number of benzene rings is 1. The number of carboxylic acid groups (broad SMARTS) is 1. The highest BCUT2D eigenvalue weighted by Gasteiger charge is 2.14. The van der Waals surface area contributed by atoms with Crippen molar-refractivity contribution in [3.8, 4) is 11.5 Å². The van der Waals surface area contributed by atoms with Gasteiger partial charge in [-0.2, -0.15) is 0 Å². The molecule has 1 aromatic carbocycles. The zero-order valence-corrected chi connectivity index (χ0v) is 17.6. The fraction of sp³-hybridized carbons (Fsp3) is 0.609. The van der Waals surface area contributed by atoms with E-state index in [1.54, 1.807) is 6.92 Å². The van der Waals surface area contributed by atoms with Crippen molar-refractivity contribution < 1.29 is 29.6 Å². The van der Waals surface area contributed by atoms with Crippen molar-refractivity contribution in [2.45, 2.75) is 71.0 Å². The van der Waals surface area contributed by atoms with Gasteiger partial charge >= 0.3 is 5.97 Å². The average Bonchev–Trinajstić information content (AvgIpc) is 2.67. The lowest BCUT2D eigenvalue weighted by atomic mass is 9.92. The number of hydrogen-bond acceptors (Lipinski definition) is 5. The van der Waals surface area contributed by atoms with Crippen LogP contribution in [0.3, 0.4) is 0 Å². The molecule has 6 heteroatoms. The molecule has 3 atom stereocenters. The first-order valence-electron chi connectivity index (χ1n) is 10.5. The molecule has 164 valence electrons. The van der Waals surface area contributed by atoms with Crippen LogP contribution in [-0.4, -0.2) is 46.7 Å². The molecule has 0 heterocycles. The Morgan fingerprint density at radius 2 is 1.83 bits per heavy atom. The van der Waals surface area contributed by atoms with Gasteiger partial charge in [-0.15, -0.1) is 0 Å². The Balaban J connectivity index is 2.26. The summed E-state index contributed by atoms with van der Waals surface area (Å²) in [6, 6.07) is 7.36. The average molecular weight is 409 g/mol. The van der Waals surface area contributed by atoms with Gasteiger partial charge in [-0.25, -0.2) is 0 Å². The van der Waals surface area contributed by atoms with Crippen LogP contribution >= 0.6 is 0 Å². The summed E-state index contributed by atoms with van der Waals surface area (Å²) < 4.78 is 11.1. The summed E-state index contributed by atoms with van der Waals surface area (Å²) in [5.74, 6) is 0.770. The number of carboxylic acids is 1. The molecule has 0 spiro atoms. The number of aliphatic hydroxyl groups is 2. The number of hydrogen-bond donors (Lipinski definition) is 3. The number of allylic oxidation sites excluding steroid dienone is 2. The molecule has 0 aliphatic carbocycles. The minimum atomic E-state index is -0.773. The third-order valence-electron chi connectivity index (χ3n) is 4.72. The topological polar surface area (TPSA) is 96.2 Å². The van der Waals surface area contributed by atoms with E-state index in [0.717, 1.165) is 31.4 Å². The monoisotopic (exact) mass is 408 g/mol. The summed E-state index contributed by atoms with van der Waals surface area (Å²) >= 11 is 0. The van der Waals surface area contributed by atoms with Gasteiger partial charge in [0.25, 0.3) is 0 Å². The molecular formula is C23H36O6. The van der Waals surface area contributed by atoms with E-state index in [4.69, 9.17) is 14.6 Å². The number of aliphatic carboxylic acids is 1. The lowest BCUT2D eigenvalue weighted by Gasteiger charge is -2.19. The first kappa shape index (κ1) is 25.0. The van der Waals surface area contributed by atoms with Crippen LogP contribution in [0.15, 0.2) is 36.4 Å².